The fraction of sp³-hybridized carbons (Fsp3) is 0.200. The maximum Gasteiger partial charge on any atom is 0.402 e. The lowest BCUT2D eigenvalue weighted by Crippen LogP contribution is -2.33. The van der Waals surface area contributed by atoms with Gasteiger partial charge in [-0.1, -0.05) is 36.4 Å². The Kier molecular flexibility index (Phi) is 6.55. The van der Waals surface area contributed by atoms with Gasteiger partial charge in [-0.15, -0.1) is 0 Å². The fourth-order valence-corrected chi connectivity index (χ4v) is 3.86. The topological polar surface area (TPSA) is 105 Å². The predicted octanol–water partition coefficient (Wildman–Crippen LogP) is 3.88. The molecule has 8 nitrogen and oxygen atoms in total. The smallest absolute Gasteiger partial charge is 0.307 e. The average molecular weight is 467 g/mol. The van der Waals surface area contributed by atoms with E-state index in [0.717, 1.165) is 11.8 Å². The molecule has 0 aliphatic heterocycles. The Morgan fingerprint density at radius 1 is 1.06 bits per heavy atom. The van der Waals surface area contributed by atoms with E-state index in [2.05, 4.69) is 15.7 Å². The molecule has 0 unspecified atom stereocenters. The molecule has 0 aliphatic rings. The maximum absolute atomic E-state index is 12.5. The van der Waals surface area contributed by atoms with E-state index in [9.17, 15) is 26.4 Å². The van der Waals surface area contributed by atoms with Gasteiger partial charge in [-0.2, -0.15) is 18.3 Å². The van der Waals surface area contributed by atoms with Gasteiger partial charge < -0.3 is 5.32 Å². The van der Waals surface area contributed by atoms with E-state index in [1.165, 1.54) is 16.9 Å². The van der Waals surface area contributed by atoms with E-state index in [1.807, 2.05) is 0 Å². The lowest BCUT2D eigenvalue weighted by molar-refractivity contribution is -0.121. The van der Waals surface area contributed by atoms with Crippen molar-refractivity contribution in [3.63, 3.8) is 0 Å². The molecule has 32 heavy (non-hydrogen) atoms. The van der Waals surface area contributed by atoms with Crippen LogP contribution in [0.1, 0.15) is 5.69 Å². The van der Waals surface area contributed by atoms with Crippen LogP contribution in [0.3, 0.4) is 0 Å². The van der Waals surface area contributed by atoms with E-state index in [-0.39, 0.29) is 11.5 Å². The van der Waals surface area contributed by atoms with Crippen molar-refractivity contribution in [2.24, 2.45) is 7.05 Å². The number of sulfonamides is 1. The summed E-state index contributed by atoms with van der Waals surface area (Å²) in [7, 11) is -2.77. The Balaban J connectivity index is 1.93. The van der Waals surface area contributed by atoms with E-state index in [4.69, 9.17) is 0 Å². The summed E-state index contributed by atoms with van der Waals surface area (Å²) in [5.74, 6) is 0.277. The number of rotatable bonds is 6. The number of alkyl halides is 3. The zero-order chi connectivity index (χ0) is 23.5. The van der Waals surface area contributed by atoms with Crippen LogP contribution in [0.5, 0.6) is 0 Å². The molecule has 2 amide bonds. The van der Waals surface area contributed by atoms with Crippen LogP contribution in [0.25, 0.3) is 11.1 Å². The molecule has 0 radical (unpaired) electrons. The number of aryl methyl sites for hydroxylation is 2. The second kappa shape index (κ2) is 9.01. The van der Waals surface area contributed by atoms with E-state index >= 15 is 0 Å². The quantitative estimate of drug-likeness (QED) is 0.512. The fourth-order valence-electron chi connectivity index (χ4n) is 2.82. The second-order valence-electron chi connectivity index (χ2n) is 6.89. The monoisotopic (exact) mass is 467 g/mol. The number of halogens is 3. The van der Waals surface area contributed by atoms with Gasteiger partial charge in [-0.3, -0.25) is 10.00 Å². The molecule has 0 spiro atoms. The number of carbonyl (C=O) groups excluding carboxylic acids is 1. The summed E-state index contributed by atoms with van der Waals surface area (Å²) in [6.45, 7) is 0.0872. The molecule has 3 rings (SSSR count). The summed E-state index contributed by atoms with van der Waals surface area (Å²) < 4.78 is 65.2. The Bertz CT molecular complexity index is 1210. The van der Waals surface area contributed by atoms with Crippen LogP contribution < -0.4 is 15.4 Å². The van der Waals surface area contributed by atoms with Crippen LogP contribution in [0.2, 0.25) is 0 Å². The first kappa shape index (κ1) is 23.3. The largest absolute Gasteiger partial charge is 0.402 e. The van der Waals surface area contributed by atoms with Gasteiger partial charge in [-0.25, -0.2) is 17.9 Å². The zero-order valence-electron chi connectivity index (χ0n) is 17.1. The van der Waals surface area contributed by atoms with Crippen LogP contribution in [0.4, 0.5) is 29.5 Å². The van der Waals surface area contributed by atoms with Crippen molar-refractivity contribution >= 4 is 27.6 Å². The number of carbonyl (C=O) groups is 1. The molecule has 0 saturated carbocycles. The molecule has 0 saturated heterocycles. The van der Waals surface area contributed by atoms with Crippen LogP contribution in [0, 0.1) is 6.92 Å². The third-order valence-electron chi connectivity index (χ3n) is 4.45. The Morgan fingerprint density at radius 2 is 1.75 bits per heavy atom. The number of nitrogens with zero attached hydrogens (tertiary/aromatic N) is 2. The summed E-state index contributed by atoms with van der Waals surface area (Å²) >= 11 is 0. The van der Waals surface area contributed by atoms with Gasteiger partial charge >= 0.3 is 12.2 Å². The van der Waals surface area contributed by atoms with E-state index < -0.39 is 33.7 Å². The van der Waals surface area contributed by atoms with Crippen LogP contribution in [0.15, 0.2) is 59.5 Å². The normalized spacial score (nSPS) is 11.9. The van der Waals surface area contributed by atoms with Crippen molar-refractivity contribution in [2.75, 3.05) is 17.2 Å². The summed E-state index contributed by atoms with van der Waals surface area (Å²) in [5, 5.41) is 9.20. The van der Waals surface area contributed by atoms with E-state index in [1.54, 1.807) is 55.1 Å². The third-order valence-corrected chi connectivity index (χ3v) is 5.85. The number of nitrogens with one attached hydrogen (secondary N) is 3. The third kappa shape index (κ3) is 5.86. The lowest BCUT2D eigenvalue weighted by Gasteiger charge is -2.15. The summed E-state index contributed by atoms with van der Waals surface area (Å²) in [6, 6.07) is 13.4. The lowest BCUT2D eigenvalue weighted by atomic mass is 10.0. The van der Waals surface area contributed by atoms with Crippen molar-refractivity contribution in [3.8, 4) is 11.1 Å². The molecule has 0 atom stereocenters. The van der Waals surface area contributed by atoms with Crippen LogP contribution >= 0.6 is 0 Å². The van der Waals surface area contributed by atoms with Gasteiger partial charge in [0.15, 0.2) is 5.82 Å². The molecule has 12 heteroatoms. The molecular formula is C20H20F3N5O3S. The highest BCUT2D eigenvalue weighted by Crippen LogP contribution is 2.31. The number of hydrogen-bond acceptors (Lipinski definition) is 4. The molecular weight excluding hydrogens is 447 g/mol. The zero-order valence-corrected chi connectivity index (χ0v) is 17.9. The van der Waals surface area contributed by atoms with Crippen molar-refractivity contribution in [2.45, 2.75) is 18.0 Å². The molecule has 3 aromatic rings. The standard InChI is InChI=1S/C20H20F3N5O3S/c1-13-10-18(27-28(13)2)26-19(29)25-17-11-15(32(30,31)24-12-20(21,22)23)8-9-16(17)14-6-4-3-5-7-14/h3-11,24H,12H2,1-2H3,(H2,25,26,27,29). The SMILES string of the molecule is Cc1cc(NC(=O)Nc2cc(S(=O)(=O)NCC(F)(F)F)ccc2-c2ccccc2)nn1C. The van der Waals surface area contributed by atoms with Gasteiger partial charge in [0.2, 0.25) is 10.0 Å². The van der Waals surface area contributed by atoms with E-state index in [0.29, 0.717) is 11.1 Å². The van der Waals surface area contributed by atoms with Gasteiger partial charge in [0.05, 0.1) is 10.6 Å². The Hall–Kier alpha value is -3.38. The summed E-state index contributed by atoms with van der Waals surface area (Å²) in [6.07, 6.45) is -4.71. The van der Waals surface area contributed by atoms with Gasteiger partial charge in [0, 0.05) is 24.4 Å². The molecule has 1 aromatic heterocycles. The minimum absolute atomic E-state index is 0.0937. The first-order valence-corrected chi connectivity index (χ1v) is 10.8. The Morgan fingerprint density at radius 3 is 2.34 bits per heavy atom. The number of benzene rings is 2. The predicted molar refractivity (Wildman–Crippen MR) is 114 cm³/mol. The first-order chi connectivity index (χ1) is 14.9. The number of aromatic nitrogens is 2. The molecule has 3 N–H and O–H groups in total. The van der Waals surface area contributed by atoms with Gasteiger partial charge in [-0.05, 0) is 24.6 Å². The van der Waals surface area contributed by atoms with Gasteiger partial charge in [0.25, 0.3) is 0 Å². The van der Waals surface area contributed by atoms with Crippen LogP contribution in [-0.2, 0) is 17.1 Å². The average Bonchev–Trinajstić information content (AvgIpc) is 3.03. The highest BCUT2D eigenvalue weighted by atomic mass is 32.2. The molecule has 1 heterocycles. The maximum atomic E-state index is 12.5. The minimum Gasteiger partial charge on any atom is -0.307 e. The van der Waals surface area contributed by atoms with Crippen molar-refractivity contribution in [1.82, 2.24) is 14.5 Å². The number of hydrogen-bond donors (Lipinski definition) is 3. The first-order valence-electron chi connectivity index (χ1n) is 9.29. The minimum atomic E-state index is -4.71. The van der Waals surface area contributed by atoms with Crippen molar-refractivity contribution in [3.05, 3.63) is 60.3 Å². The molecule has 0 bridgehead atoms. The molecule has 0 fully saturated rings. The molecule has 2 aromatic carbocycles. The van der Waals surface area contributed by atoms with Crippen LogP contribution in [-0.4, -0.2) is 37.0 Å². The highest BCUT2D eigenvalue weighted by molar-refractivity contribution is 7.89. The summed E-state index contributed by atoms with van der Waals surface area (Å²) in [5.41, 5.74) is 2.04. The summed E-state index contributed by atoms with van der Waals surface area (Å²) in [4.78, 5) is 12.1. The molecule has 170 valence electrons. The molecule has 0 aliphatic carbocycles. The number of amides is 2. The van der Waals surface area contributed by atoms with Crippen molar-refractivity contribution in [1.29, 1.82) is 0 Å². The second-order valence-corrected chi connectivity index (χ2v) is 8.65. The highest BCUT2D eigenvalue weighted by Gasteiger charge is 2.30. The Labute approximate surface area is 182 Å². The van der Waals surface area contributed by atoms with Gasteiger partial charge in [0.1, 0.15) is 6.54 Å². The van der Waals surface area contributed by atoms with Crippen molar-refractivity contribution < 1.29 is 26.4 Å². The number of urea groups is 1. The number of anilines is 2.